The number of hydrogen-bond acceptors (Lipinski definition) is 4. The summed E-state index contributed by atoms with van der Waals surface area (Å²) in [5, 5.41) is 9.41. The molecule has 3 rings (SSSR count). The van der Waals surface area contributed by atoms with Gasteiger partial charge in [0.05, 0.1) is 12.5 Å². The number of carbonyl (C=O) groups is 1. The van der Waals surface area contributed by atoms with E-state index in [-0.39, 0.29) is 19.1 Å². The van der Waals surface area contributed by atoms with E-state index in [1.54, 1.807) is 17.0 Å². The second kappa shape index (κ2) is 3.92. The highest BCUT2D eigenvalue weighted by molar-refractivity contribution is 5.94. The smallest absolute Gasteiger partial charge is 0.231 e. The van der Waals surface area contributed by atoms with Crippen LogP contribution in [-0.4, -0.2) is 30.5 Å². The number of benzene rings is 1. The van der Waals surface area contributed by atoms with Gasteiger partial charge in [0.1, 0.15) is 0 Å². The number of ether oxygens (including phenoxy) is 2. The molecule has 1 aromatic carbocycles. The third kappa shape index (κ3) is 1.82. The van der Waals surface area contributed by atoms with Gasteiger partial charge in [-0.15, -0.1) is 0 Å². The van der Waals surface area contributed by atoms with E-state index >= 15 is 0 Å². The largest absolute Gasteiger partial charge is 0.454 e. The molecule has 0 saturated carbocycles. The number of fused-ring (bicyclic) bond motifs is 1. The summed E-state index contributed by atoms with van der Waals surface area (Å²) in [4.78, 5) is 13.5. The van der Waals surface area contributed by atoms with E-state index in [0.29, 0.717) is 24.5 Å². The van der Waals surface area contributed by atoms with Crippen molar-refractivity contribution in [2.45, 2.75) is 18.9 Å². The molecule has 1 fully saturated rings. The van der Waals surface area contributed by atoms with Crippen LogP contribution in [0.2, 0.25) is 0 Å². The van der Waals surface area contributed by atoms with Crippen molar-refractivity contribution in [3.63, 3.8) is 0 Å². The Labute approximate surface area is 98.6 Å². The van der Waals surface area contributed by atoms with Gasteiger partial charge in [-0.1, -0.05) is 0 Å². The van der Waals surface area contributed by atoms with E-state index in [2.05, 4.69) is 0 Å². The quantitative estimate of drug-likeness (QED) is 0.785. The van der Waals surface area contributed by atoms with Crippen LogP contribution in [0, 0.1) is 0 Å². The molecule has 2 aliphatic heterocycles. The lowest BCUT2D eigenvalue weighted by Gasteiger charge is -2.29. The van der Waals surface area contributed by atoms with Crippen LogP contribution in [0.5, 0.6) is 11.5 Å². The summed E-state index contributed by atoms with van der Waals surface area (Å²) in [6, 6.07) is 5.44. The average Bonchev–Trinajstić information content (AvgIpc) is 2.75. The van der Waals surface area contributed by atoms with Crippen LogP contribution in [-0.2, 0) is 4.79 Å². The fraction of sp³-hybridized carbons (Fsp3) is 0.417. The number of aliphatic hydroxyl groups is 1. The Bertz CT molecular complexity index is 460. The maximum absolute atomic E-state index is 11.8. The second-order valence-corrected chi connectivity index (χ2v) is 4.23. The summed E-state index contributed by atoms with van der Waals surface area (Å²) in [7, 11) is 0. The van der Waals surface area contributed by atoms with E-state index < -0.39 is 6.10 Å². The molecule has 1 amide bonds. The number of aliphatic hydroxyl groups excluding tert-OH is 1. The first-order valence-electron chi connectivity index (χ1n) is 5.62. The molecule has 1 unspecified atom stereocenters. The minimum atomic E-state index is -0.507. The monoisotopic (exact) mass is 235 g/mol. The summed E-state index contributed by atoms with van der Waals surface area (Å²) in [5.74, 6) is 1.32. The Balaban J connectivity index is 1.86. The van der Waals surface area contributed by atoms with Crippen LogP contribution in [0.4, 0.5) is 5.69 Å². The first-order chi connectivity index (χ1) is 8.24. The minimum Gasteiger partial charge on any atom is -0.454 e. The van der Waals surface area contributed by atoms with Crippen molar-refractivity contribution in [2.75, 3.05) is 18.2 Å². The molecule has 0 radical (unpaired) electrons. The van der Waals surface area contributed by atoms with Crippen LogP contribution >= 0.6 is 0 Å². The zero-order valence-electron chi connectivity index (χ0n) is 9.26. The Hall–Kier alpha value is -1.75. The van der Waals surface area contributed by atoms with E-state index in [4.69, 9.17) is 9.47 Å². The highest BCUT2D eigenvalue weighted by Gasteiger charge is 2.26. The first-order valence-corrected chi connectivity index (χ1v) is 5.62. The maximum Gasteiger partial charge on any atom is 0.231 e. The predicted octanol–water partition coefficient (Wildman–Crippen LogP) is 0.903. The molecule has 1 aromatic rings. The highest BCUT2D eigenvalue weighted by Crippen LogP contribution is 2.36. The lowest BCUT2D eigenvalue weighted by molar-refractivity contribution is -0.122. The molecule has 5 nitrogen and oxygen atoms in total. The van der Waals surface area contributed by atoms with Gasteiger partial charge < -0.3 is 19.5 Å². The van der Waals surface area contributed by atoms with Gasteiger partial charge in [0.2, 0.25) is 12.7 Å². The zero-order valence-corrected chi connectivity index (χ0v) is 9.26. The molecule has 17 heavy (non-hydrogen) atoms. The van der Waals surface area contributed by atoms with Crippen molar-refractivity contribution in [1.29, 1.82) is 0 Å². The zero-order chi connectivity index (χ0) is 11.8. The number of hydrogen-bond donors (Lipinski definition) is 1. The summed E-state index contributed by atoms with van der Waals surface area (Å²) in [5.41, 5.74) is 0.797. The lowest BCUT2D eigenvalue weighted by atomic mass is 10.1. The molecule has 1 atom stereocenters. The van der Waals surface area contributed by atoms with E-state index in [1.807, 2.05) is 6.07 Å². The number of rotatable bonds is 1. The van der Waals surface area contributed by atoms with Crippen LogP contribution in [0.15, 0.2) is 18.2 Å². The summed E-state index contributed by atoms with van der Waals surface area (Å²) < 4.78 is 10.5. The van der Waals surface area contributed by atoms with Crippen LogP contribution in [0.25, 0.3) is 0 Å². The van der Waals surface area contributed by atoms with Gasteiger partial charge in [-0.3, -0.25) is 4.79 Å². The molecular formula is C12H13NO4. The van der Waals surface area contributed by atoms with Crippen molar-refractivity contribution in [3.8, 4) is 11.5 Å². The Morgan fingerprint density at radius 2 is 2.12 bits per heavy atom. The van der Waals surface area contributed by atoms with Gasteiger partial charge in [0, 0.05) is 18.3 Å². The Kier molecular flexibility index (Phi) is 2.40. The summed E-state index contributed by atoms with van der Waals surface area (Å²) in [6.07, 6.45) is 0.294. The predicted molar refractivity (Wildman–Crippen MR) is 60.2 cm³/mol. The van der Waals surface area contributed by atoms with E-state index in [9.17, 15) is 9.90 Å². The highest BCUT2D eigenvalue weighted by atomic mass is 16.7. The number of piperidine rings is 1. The van der Waals surface area contributed by atoms with Gasteiger partial charge >= 0.3 is 0 Å². The lowest BCUT2D eigenvalue weighted by Crippen LogP contribution is -2.40. The van der Waals surface area contributed by atoms with Gasteiger partial charge in [-0.25, -0.2) is 0 Å². The van der Waals surface area contributed by atoms with Crippen molar-refractivity contribution in [2.24, 2.45) is 0 Å². The standard InChI is InChI=1S/C12H13NO4/c14-9-3-4-13(12(15)6-9)8-1-2-10-11(5-8)17-7-16-10/h1-2,5,9,14H,3-4,6-7H2. The van der Waals surface area contributed by atoms with Crippen molar-refractivity contribution in [1.82, 2.24) is 0 Å². The number of amides is 1. The molecule has 1 N–H and O–H groups in total. The Morgan fingerprint density at radius 3 is 2.94 bits per heavy atom. The maximum atomic E-state index is 11.8. The van der Waals surface area contributed by atoms with Crippen LogP contribution in [0.1, 0.15) is 12.8 Å². The topological polar surface area (TPSA) is 59.0 Å². The normalized spacial score (nSPS) is 23.0. The molecule has 1 saturated heterocycles. The molecule has 0 aliphatic carbocycles. The second-order valence-electron chi connectivity index (χ2n) is 4.23. The first kappa shape index (κ1) is 10.4. The van der Waals surface area contributed by atoms with Gasteiger partial charge in [0.25, 0.3) is 0 Å². The molecule has 0 aromatic heterocycles. The van der Waals surface area contributed by atoms with Crippen LogP contribution in [0.3, 0.4) is 0 Å². The van der Waals surface area contributed by atoms with Crippen molar-refractivity contribution >= 4 is 11.6 Å². The fourth-order valence-electron chi connectivity index (χ4n) is 2.14. The molecule has 0 spiro atoms. The molecule has 2 heterocycles. The fourth-order valence-corrected chi connectivity index (χ4v) is 2.14. The van der Waals surface area contributed by atoms with Crippen LogP contribution < -0.4 is 14.4 Å². The number of carbonyl (C=O) groups excluding carboxylic acids is 1. The van der Waals surface area contributed by atoms with Crippen molar-refractivity contribution in [3.05, 3.63) is 18.2 Å². The molecule has 5 heteroatoms. The molecule has 0 bridgehead atoms. The molecule has 2 aliphatic rings. The third-order valence-corrected chi connectivity index (χ3v) is 3.07. The number of nitrogens with zero attached hydrogens (tertiary/aromatic N) is 1. The van der Waals surface area contributed by atoms with Gasteiger partial charge in [-0.05, 0) is 18.6 Å². The summed E-state index contributed by atoms with van der Waals surface area (Å²) >= 11 is 0. The molecule has 90 valence electrons. The summed E-state index contributed by atoms with van der Waals surface area (Å²) in [6.45, 7) is 0.769. The Morgan fingerprint density at radius 1 is 1.29 bits per heavy atom. The van der Waals surface area contributed by atoms with Gasteiger partial charge in [-0.2, -0.15) is 0 Å². The molecular weight excluding hydrogens is 222 g/mol. The number of anilines is 1. The third-order valence-electron chi connectivity index (χ3n) is 3.07. The van der Waals surface area contributed by atoms with Crippen molar-refractivity contribution < 1.29 is 19.4 Å². The van der Waals surface area contributed by atoms with Gasteiger partial charge in [0.15, 0.2) is 11.5 Å². The minimum absolute atomic E-state index is 0.0531. The van der Waals surface area contributed by atoms with E-state index in [1.165, 1.54) is 0 Å². The SMILES string of the molecule is O=C1CC(O)CCN1c1ccc2c(c1)OCO2. The average molecular weight is 235 g/mol. The van der Waals surface area contributed by atoms with E-state index in [0.717, 1.165) is 5.69 Å².